The number of aliphatic hydroxyl groups excluding tert-OH is 1. The molecule has 6 heteroatoms. The molecule has 1 fully saturated rings. The molecule has 2 aliphatic rings. The average Bonchev–Trinajstić information content (AvgIpc) is 3.42. The molecule has 0 bridgehead atoms. The molecular weight excluding hydrogens is 478 g/mol. The van der Waals surface area contributed by atoms with Crippen LogP contribution >= 0.6 is 0 Å². The summed E-state index contributed by atoms with van der Waals surface area (Å²) in [5.74, 6) is -0.0493. The van der Waals surface area contributed by atoms with E-state index in [-0.39, 0.29) is 24.0 Å². The largest absolute Gasteiger partial charge is 0.507 e. The maximum Gasteiger partial charge on any atom is 0.295 e. The van der Waals surface area contributed by atoms with Crippen LogP contribution in [0.25, 0.3) is 5.76 Å². The monoisotopic (exact) mass is 511 g/mol. The van der Waals surface area contributed by atoms with Gasteiger partial charge < -0.3 is 19.5 Å². The number of Topliss-reactive ketones (excluding diaryl/α,β-unsaturated/α-hetero) is 1. The number of ketones is 1. The minimum Gasteiger partial charge on any atom is -0.507 e. The molecule has 6 nitrogen and oxygen atoms in total. The van der Waals surface area contributed by atoms with Gasteiger partial charge in [0.1, 0.15) is 23.4 Å². The van der Waals surface area contributed by atoms with Gasteiger partial charge in [-0.15, -0.1) is 0 Å². The van der Waals surface area contributed by atoms with Crippen LogP contribution in [0.3, 0.4) is 0 Å². The fourth-order valence-corrected chi connectivity index (χ4v) is 5.21. The number of hydrogen-bond donors (Lipinski definition) is 1. The molecule has 0 aromatic heterocycles. The average molecular weight is 512 g/mol. The van der Waals surface area contributed by atoms with Crippen LogP contribution in [0.2, 0.25) is 0 Å². The third-order valence-corrected chi connectivity index (χ3v) is 7.10. The molecule has 3 aromatic carbocycles. The van der Waals surface area contributed by atoms with E-state index in [4.69, 9.17) is 9.47 Å². The third-order valence-electron chi connectivity index (χ3n) is 7.10. The fourth-order valence-electron chi connectivity index (χ4n) is 5.21. The molecule has 38 heavy (non-hydrogen) atoms. The Bertz CT molecular complexity index is 1360. The van der Waals surface area contributed by atoms with E-state index in [0.717, 1.165) is 42.6 Å². The Kier molecular flexibility index (Phi) is 7.50. The van der Waals surface area contributed by atoms with Crippen LogP contribution in [0.15, 0.2) is 78.4 Å². The Labute approximate surface area is 223 Å². The van der Waals surface area contributed by atoms with Crippen LogP contribution in [0.5, 0.6) is 11.5 Å². The van der Waals surface area contributed by atoms with E-state index in [9.17, 15) is 14.7 Å². The molecule has 3 aromatic rings. The molecule has 2 aliphatic heterocycles. The van der Waals surface area contributed by atoms with Crippen molar-refractivity contribution in [2.45, 2.75) is 58.2 Å². The van der Waals surface area contributed by atoms with Crippen LogP contribution in [0.1, 0.15) is 61.4 Å². The minimum atomic E-state index is -0.752. The lowest BCUT2D eigenvalue weighted by Crippen LogP contribution is -2.29. The molecule has 0 spiro atoms. The standard InChI is InChI=1S/C32H33NO5/c1-3-4-8-16-37-26-13-9-12-23(19-26)29-28(30(34)24-14-15-27-25(18-24)17-21(2)38-27)31(35)32(36)33(29)20-22-10-6-5-7-11-22/h5-7,9-15,18-19,21,29,34H,3-4,8,16-17,20H2,1-2H3/t21-,29-/m0/s1. The van der Waals surface area contributed by atoms with Gasteiger partial charge in [-0.2, -0.15) is 0 Å². The first kappa shape index (κ1) is 25.6. The van der Waals surface area contributed by atoms with Crippen molar-refractivity contribution in [3.63, 3.8) is 0 Å². The van der Waals surface area contributed by atoms with Gasteiger partial charge in [-0.25, -0.2) is 0 Å². The van der Waals surface area contributed by atoms with Gasteiger partial charge in [-0.1, -0.05) is 62.2 Å². The smallest absolute Gasteiger partial charge is 0.295 e. The highest BCUT2D eigenvalue weighted by Gasteiger charge is 2.46. The van der Waals surface area contributed by atoms with Crippen molar-refractivity contribution in [1.29, 1.82) is 0 Å². The number of hydrogen-bond acceptors (Lipinski definition) is 5. The summed E-state index contributed by atoms with van der Waals surface area (Å²) in [4.78, 5) is 28.4. The van der Waals surface area contributed by atoms with Gasteiger partial charge in [-0.05, 0) is 60.4 Å². The molecule has 1 amide bonds. The van der Waals surface area contributed by atoms with Gasteiger partial charge in [0.25, 0.3) is 11.7 Å². The van der Waals surface area contributed by atoms with E-state index in [0.29, 0.717) is 23.5 Å². The van der Waals surface area contributed by atoms with E-state index in [2.05, 4.69) is 6.92 Å². The summed E-state index contributed by atoms with van der Waals surface area (Å²) in [6.45, 7) is 4.97. The lowest BCUT2D eigenvalue weighted by Gasteiger charge is -2.26. The van der Waals surface area contributed by atoms with Crippen molar-refractivity contribution in [2.24, 2.45) is 0 Å². The Morgan fingerprint density at radius 2 is 1.84 bits per heavy atom. The van der Waals surface area contributed by atoms with Gasteiger partial charge in [0.15, 0.2) is 0 Å². The highest BCUT2D eigenvalue weighted by Crippen LogP contribution is 2.42. The molecule has 2 atom stereocenters. The first-order chi connectivity index (χ1) is 18.5. The zero-order valence-corrected chi connectivity index (χ0v) is 21.9. The Morgan fingerprint density at radius 3 is 2.63 bits per heavy atom. The third kappa shape index (κ3) is 5.17. The van der Waals surface area contributed by atoms with Gasteiger partial charge >= 0.3 is 0 Å². The van der Waals surface area contributed by atoms with Crippen molar-refractivity contribution in [3.8, 4) is 11.5 Å². The van der Waals surface area contributed by atoms with Crippen LogP contribution in [-0.4, -0.2) is 34.4 Å². The number of fused-ring (bicyclic) bond motifs is 1. The highest BCUT2D eigenvalue weighted by molar-refractivity contribution is 6.46. The van der Waals surface area contributed by atoms with Crippen LogP contribution in [0, 0.1) is 0 Å². The highest BCUT2D eigenvalue weighted by atomic mass is 16.5. The van der Waals surface area contributed by atoms with E-state index >= 15 is 0 Å². The number of rotatable bonds is 9. The summed E-state index contributed by atoms with van der Waals surface area (Å²) in [6.07, 6.45) is 3.92. The molecule has 1 saturated heterocycles. The number of benzene rings is 3. The summed E-state index contributed by atoms with van der Waals surface area (Å²) in [5.41, 5.74) is 3.17. The lowest BCUT2D eigenvalue weighted by molar-refractivity contribution is -0.140. The van der Waals surface area contributed by atoms with Crippen molar-refractivity contribution in [1.82, 2.24) is 4.90 Å². The molecule has 0 aliphatic carbocycles. The minimum absolute atomic E-state index is 0.0546. The van der Waals surface area contributed by atoms with Gasteiger partial charge in [0.2, 0.25) is 0 Å². The zero-order chi connectivity index (χ0) is 26.6. The van der Waals surface area contributed by atoms with Gasteiger partial charge in [0.05, 0.1) is 18.2 Å². The van der Waals surface area contributed by atoms with Crippen molar-refractivity contribution < 1.29 is 24.2 Å². The number of carbonyl (C=O) groups excluding carboxylic acids is 2. The number of ether oxygens (including phenoxy) is 2. The SMILES string of the molecule is CCCCCOc1cccc([C@H]2C(=C(O)c3ccc4c(c3)C[C@H](C)O4)C(=O)C(=O)N2Cc2ccccc2)c1. The lowest BCUT2D eigenvalue weighted by atomic mass is 9.94. The van der Waals surface area contributed by atoms with Crippen LogP contribution in [-0.2, 0) is 22.6 Å². The predicted octanol–water partition coefficient (Wildman–Crippen LogP) is 6.20. The summed E-state index contributed by atoms with van der Waals surface area (Å²) in [5, 5.41) is 11.5. The molecule has 0 radical (unpaired) electrons. The van der Waals surface area contributed by atoms with Crippen LogP contribution < -0.4 is 9.47 Å². The van der Waals surface area contributed by atoms with E-state index < -0.39 is 17.7 Å². The Hall–Kier alpha value is -4.06. The number of aliphatic hydroxyl groups is 1. The molecular formula is C32H33NO5. The maximum absolute atomic E-state index is 13.5. The summed E-state index contributed by atoms with van der Waals surface area (Å²) < 4.78 is 11.8. The van der Waals surface area contributed by atoms with Crippen molar-refractivity contribution in [3.05, 3.63) is 101 Å². The second-order valence-corrected chi connectivity index (χ2v) is 10.00. The zero-order valence-electron chi connectivity index (χ0n) is 21.9. The van der Waals surface area contributed by atoms with E-state index in [1.54, 1.807) is 6.07 Å². The van der Waals surface area contributed by atoms with Crippen LogP contribution in [0.4, 0.5) is 0 Å². The van der Waals surface area contributed by atoms with E-state index in [1.165, 1.54) is 4.90 Å². The topological polar surface area (TPSA) is 76.1 Å². The second kappa shape index (κ2) is 11.1. The molecule has 2 heterocycles. The number of nitrogens with zero attached hydrogens (tertiary/aromatic N) is 1. The first-order valence-electron chi connectivity index (χ1n) is 13.3. The number of likely N-dealkylation sites (tertiary alicyclic amines) is 1. The van der Waals surface area contributed by atoms with E-state index in [1.807, 2.05) is 73.7 Å². The summed E-state index contributed by atoms with van der Waals surface area (Å²) >= 11 is 0. The Morgan fingerprint density at radius 1 is 1.03 bits per heavy atom. The van der Waals surface area contributed by atoms with Gasteiger partial charge in [0, 0.05) is 18.5 Å². The molecule has 5 rings (SSSR count). The maximum atomic E-state index is 13.5. The molecule has 196 valence electrons. The van der Waals surface area contributed by atoms with Crippen molar-refractivity contribution in [2.75, 3.05) is 6.61 Å². The quantitative estimate of drug-likeness (QED) is 0.160. The molecule has 0 saturated carbocycles. The second-order valence-electron chi connectivity index (χ2n) is 10.00. The Balaban J connectivity index is 1.56. The summed E-state index contributed by atoms with van der Waals surface area (Å²) in [7, 11) is 0. The van der Waals surface area contributed by atoms with Crippen molar-refractivity contribution >= 4 is 17.4 Å². The summed E-state index contributed by atoms with van der Waals surface area (Å²) in [6, 6.07) is 21.7. The molecule has 0 unspecified atom stereocenters. The first-order valence-corrected chi connectivity index (χ1v) is 13.3. The number of carbonyl (C=O) groups is 2. The fraction of sp³-hybridized carbons (Fsp3) is 0.312. The number of amides is 1. The normalized spacial score (nSPS) is 19.9. The molecule has 1 N–H and O–H groups in total. The predicted molar refractivity (Wildman–Crippen MR) is 146 cm³/mol. The number of unbranched alkanes of at least 4 members (excludes halogenated alkanes) is 2. The van der Waals surface area contributed by atoms with Gasteiger partial charge in [-0.3, -0.25) is 9.59 Å².